The lowest BCUT2D eigenvalue weighted by Gasteiger charge is -2.13. The Morgan fingerprint density at radius 3 is 2.17 bits per heavy atom. The molecule has 5 nitrogen and oxygen atoms in total. The summed E-state index contributed by atoms with van der Waals surface area (Å²) in [5.74, 6) is -0.322. The first-order valence-corrected chi connectivity index (χ1v) is 6.27. The van der Waals surface area contributed by atoms with Gasteiger partial charge in [0, 0.05) is 26.0 Å². The van der Waals surface area contributed by atoms with Crippen molar-refractivity contribution >= 4 is 5.69 Å². The number of hydrogen-bond donors (Lipinski definition) is 1. The Morgan fingerprint density at radius 1 is 1.17 bits per heavy atom. The first-order chi connectivity index (χ1) is 10.8. The summed E-state index contributed by atoms with van der Waals surface area (Å²) in [5, 5.41) is 20.6. The van der Waals surface area contributed by atoms with Crippen LogP contribution in [0.2, 0.25) is 0 Å². The van der Waals surface area contributed by atoms with Gasteiger partial charge in [-0.2, -0.15) is 10.5 Å². The van der Waals surface area contributed by atoms with Crippen LogP contribution in [0.1, 0.15) is 0 Å². The van der Waals surface area contributed by atoms with Crippen molar-refractivity contribution in [3.05, 3.63) is 47.8 Å². The van der Waals surface area contributed by atoms with Crippen molar-refractivity contribution in [1.29, 1.82) is 10.5 Å². The molecule has 0 aliphatic rings. The molecule has 0 aliphatic heterocycles. The molecule has 0 spiro atoms. The topological polar surface area (TPSA) is 72.1 Å². The minimum atomic E-state index is -4.73. The molecule has 0 heterocycles. The zero-order chi connectivity index (χ0) is 17.5. The average Bonchev–Trinajstić information content (AvgIpc) is 2.46. The molecule has 1 N–H and O–H groups in total. The second-order valence-electron chi connectivity index (χ2n) is 4.43. The van der Waals surface area contributed by atoms with Gasteiger partial charge in [0.15, 0.2) is 5.57 Å². The summed E-state index contributed by atoms with van der Waals surface area (Å²) in [5.41, 5.74) is 0.867. The van der Waals surface area contributed by atoms with E-state index in [2.05, 4.69) is 10.1 Å². The Kier molecular flexibility index (Phi) is 6.04. The van der Waals surface area contributed by atoms with E-state index in [0.29, 0.717) is 11.4 Å². The molecule has 0 atom stereocenters. The van der Waals surface area contributed by atoms with E-state index < -0.39 is 6.36 Å². The van der Waals surface area contributed by atoms with Crippen LogP contribution in [0.25, 0.3) is 0 Å². The van der Waals surface area contributed by atoms with Gasteiger partial charge in [0.2, 0.25) is 0 Å². The fraction of sp³-hybridized carbons (Fsp3) is 0.200. The molecule has 0 radical (unpaired) electrons. The molecule has 23 heavy (non-hydrogen) atoms. The third-order valence-corrected chi connectivity index (χ3v) is 2.54. The molecule has 0 amide bonds. The summed E-state index contributed by atoms with van der Waals surface area (Å²) in [6.07, 6.45) is -1.74. The predicted octanol–water partition coefficient (Wildman–Crippen LogP) is 3.37. The monoisotopic (exact) mass is 322 g/mol. The molecule has 0 bridgehead atoms. The molecule has 0 fully saturated rings. The molecule has 8 heteroatoms. The lowest BCUT2D eigenvalue weighted by Crippen LogP contribution is -2.16. The highest BCUT2D eigenvalue weighted by molar-refractivity contribution is 5.50. The lowest BCUT2D eigenvalue weighted by molar-refractivity contribution is -0.274. The number of halogens is 3. The smallest absolute Gasteiger partial charge is 0.406 e. The SMILES string of the molecule is CN(C)C(C=CNc1ccc(OC(F)(F)F)cc1)=C(C#N)C#N. The summed E-state index contributed by atoms with van der Waals surface area (Å²) < 4.78 is 39.9. The fourth-order valence-electron chi connectivity index (χ4n) is 1.57. The number of anilines is 1. The van der Waals surface area contributed by atoms with Crippen LogP contribution >= 0.6 is 0 Å². The van der Waals surface area contributed by atoms with Gasteiger partial charge in [-0.25, -0.2) is 0 Å². The van der Waals surface area contributed by atoms with Gasteiger partial charge in [-0.05, 0) is 30.3 Å². The number of ether oxygens (including phenoxy) is 1. The number of allylic oxidation sites excluding steroid dienone is 2. The minimum absolute atomic E-state index is 0.0537. The molecule has 1 aromatic rings. The maximum atomic E-state index is 12.0. The van der Waals surface area contributed by atoms with Crippen molar-refractivity contribution in [2.75, 3.05) is 19.4 Å². The zero-order valence-corrected chi connectivity index (χ0v) is 12.3. The number of nitrogens with zero attached hydrogens (tertiary/aromatic N) is 3. The van der Waals surface area contributed by atoms with Crippen LogP contribution in [0.3, 0.4) is 0 Å². The van der Waals surface area contributed by atoms with Crippen molar-refractivity contribution in [2.45, 2.75) is 6.36 Å². The van der Waals surface area contributed by atoms with Gasteiger partial charge < -0.3 is 15.0 Å². The van der Waals surface area contributed by atoms with E-state index in [1.54, 1.807) is 31.1 Å². The highest BCUT2D eigenvalue weighted by Crippen LogP contribution is 2.24. The number of hydrogen-bond acceptors (Lipinski definition) is 5. The number of nitrogens with one attached hydrogen (secondary N) is 1. The molecule has 1 rings (SSSR count). The number of likely N-dealkylation sites (N-methyl/N-ethyl adjacent to an activating group) is 1. The molecule has 0 saturated carbocycles. The fourth-order valence-corrected chi connectivity index (χ4v) is 1.57. The van der Waals surface area contributed by atoms with Crippen LogP contribution < -0.4 is 10.1 Å². The molecule has 120 valence electrons. The normalized spacial score (nSPS) is 10.6. The van der Waals surface area contributed by atoms with Crippen LogP contribution in [0.15, 0.2) is 47.8 Å². The second-order valence-corrected chi connectivity index (χ2v) is 4.43. The first kappa shape index (κ1) is 17.9. The van der Waals surface area contributed by atoms with Gasteiger partial charge in [0.1, 0.15) is 17.9 Å². The van der Waals surface area contributed by atoms with Crippen molar-refractivity contribution in [2.24, 2.45) is 0 Å². The molecule has 0 unspecified atom stereocenters. The van der Waals surface area contributed by atoms with Crippen molar-refractivity contribution in [3.63, 3.8) is 0 Å². The van der Waals surface area contributed by atoms with E-state index in [4.69, 9.17) is 10.5 Å². The van der Waals surface area contributed by atoms with E-state index in [0.717, 1.165) is 0 Å². The summed E-state index contributed by atoms with van der Waals surface area (Å²) >= 11 is 0. The number of rotatable bonds is 5. The van der Waals surface area contributed by atoms with Crippen LogP contribution in [0.4, 0.5) is 18.9 Å². The Hall–Kier alpha value is -3.13. The Bertz CT molecular complexity index is 661. The van der Waals surface area contributed by atoms with E-state index in [1.165, 1.54) is 36.5 Å². The van der Waals surface area contributed by atoms with Gasteiger partial charge in [0.25, 0.3) is 0 Å². The van der Waals surface area contributed by atoms with Crippen molar-refractivity contribution in [3.8, 4) is 17.9 Å². The molecule has 0 aliphatic carbocycles. The maximum Gasteiger partial charge on any atom is 0.573 e. The maximum absolute atomic E-state index is 12.0. The van der Waals surface area contributed by atoms with Crippen LogP contribution in [0, 0.1) is 22.7 Å². The highest BCUT2D eigenvalue weighted by Gasteiger charge is 2.30. The van der Waals surface area contributed by atoms with E-state index in [-0.39, 0.29) is 11.3 Å². The third-order valence-electron chi connectivity index (χ3n) is 2.54. The second kappa shape index (κ2) is 7.76. The summed E-state index contributed by atoms with van der Waals surface area (Å²) in [7, 11) is 3.36. The standard InChI is InChI=1S/C15H13F3N4O/c1-22(2)14(11(9-19)10-20)7-8-21-12-3-5-13(6-4-12)23-15(16,17)18/h3-8,21H,1-2H3. The first-order valence-electron chi connectivity index (χ1n) is 6.27. The van der Waals surface area contributed by atoms with Gasteiger partial charge in [0.05, 0.1) is 5.70 Å². The van der Waals surface area contributed by atoms with Gasteiger partial charge >= 0.3 is 6.36 Å². The van der Waals surface area contributed by atoms with Gasteiger partial charge in [-0.1, -0.05) is 0 Å². The summed E-state index contributed by atoms with van der Waals surface area (Å²) in [4.78, 5) is 1.60. The minimum Gasteiger partial charge on any atom is -0.406 e. The number of nitriles is 2. The van der Waals surface area contributed by atoms with Crippen molar-refractivity contribution in [1.82, 2.24) is 4.90 Å². The number of alkyl halides is 3. The number of benzene rings is 1. The van der Waals surface area contributed by atoms with Crippen molar-refractivity contribution < 1.29 is 17.9 Å². The molecule has 0 saturated heterocycles. The summed E-state index contributed by atoms with van der Waals surface area (Å²) in [6, 6.07) is 8.72. The Balaban J connectivity index is 2.80. The van der Waals surface area contributed by atoms with E-state index in [9.17, 15) is 13.2 Å². The van der Waals surface area contributed by atoms with E-state index >= 15 is 0 Å². The van der Waals surface area contributed by atoms with Crippen LogP contribution in [-0.2, 0) is 0 Å². The Labute approximate surface area is 131 Å². The Morgan fingerprint density at radius 2 is 1.74 bits per heavy atom. The van der Waals surface area contributed by atoms with Gasteiger partial charge in [-0.3, -0.25) is 0 Å². The average molecular weight is 322 g/mol. The zero-order valence-electron chi connectivity index (χ0n) is 12.3. The largest absolute Gasteiger partial charge is 0.573 e. The quantitative estimate of drug-likeness (QED) is 0.664. The molecule has 0 aromatic heterocycles. The predicted molar refractivity (Wildman–Crippen MR) is 77.8 cm³/mol. The van der Waals surface area contributed by atoms with Crippen LogP contribution in [0.5, 0.6) is 5.75 Å². The molecule has 1 aromatic carbocycles. The summed E-state index contributed by atoms with van der Waals surface area (Å²) in [6.45, 7) is 0. The van der Waals surface area contributed by atoms with Gasteiger partial charge in [-0.15, -0.1) is 13.2 Å². The highest BCUT2D eigenvalue weighted by atomic mass is 19.4. The van der Waals surface area contributed by atoms with Crippen LogP contribution in [-0.4, -0.2) is 25.4 Å². The molecular weight excluding hydrogens is 309 g/mol. The third kappa shape index (κ3) is 6.02. The van der Waals surface area contributed by atoms with E-state index in [1.807, 2.05) is 0 Å². The molecular formula is C15H13F3N4O. The lowest BCUT2D eigenvalue weighted by atomic mass is 10.2.